The third-order valence-corrected chi connectivity index (χ3v) is 3.41. The Balaban J connectivity index is 3.02. The molecule has 22 heavy (non-hydrogen) atoms. The van der Waals surface area contributed by atoms with E-state index in [2.05, 4.69) is 26.8 Å². The summed E-state index contributed by atoms with van der Waals surface area (Å²) in [6.45, 7) is 10.2. The SMILES string of the molecule is COC(C)OCOc1ccc(/C(C)=C\C=O)cc1C(C)(C)C. The largest absolute Gasteiger partial charge is 0.467 e. The van der Waals surface area contributed by atoms with E-state index in [-0.39, 0.29) is 18.5 Å². The molecule has 0 saturated heterocycles. The van der Waals surface area contributed by atoms with Gasteiger partial charge in [-0.3, -0.25) is 4.79 Å². The van der Waals surface area contributed by atoms with Crippen LogP contribution in [-0.2, 0) is 19.7 Å². The molecular weight excluding hydrogens is 280 g/mol. The summed E-state index contributed by atoms with van der Waals surface area (Å²) in [5, 5.41) is 0. The van der Waals surface area contributed by atoms with Crippen LogP contribution in [-0.4, -0.2) is 26.5 Å². The lowest BCUT2D eigenvalue weighted by Crippen LogP contribution is -2.18. The zero-order valence-electron chi connectivity index (χ0n) is 14.3. The second-order valence-corrected chi connectivity index (χ2v) is 6.18. The van der Waals surface area contributed by atoms with Crippen molar-refractivity contribution < 1.29 is 19.0 Å². The molecule has 1 aromatic carbocycles. The van der Waals surface area contributed by atoms with Crippen LogP contribution in [0.1, 0.15) is 45.7 Å². The number of ether oxygens (including phenoxy) is 3. The standard InChI is InChI=1S/C18H26O4/c1-13(9-10-19)15-7-8-17(16(11-15)18(3,4)5)22-12-21-14(2)20-6/h7-11,14H,12H2,1-6H3/b13-9-. The summed E-state index contributed by atoms with van der Waals surface area (Å²) < 4.78 is 16.1. The van der Waals surface area contributed by atoms with Crippen molar-refractivity contribution in [2.75, 3.05) is 13.9 Å². The number of allylic oxidation sites excluding steroid dienone is 2. The fourth-order valence-electron chi connectivity index (χ4n) is 1.95. The van der Waals surface area contributed by atoms with Crippen LogP contribution in [0.5, 0.6) is 5.75 Å². The maximum Gasteiger partial charge on any atom is 0.191 e. The molecule has 1 atom stereocenters. The number of carbonyl (C=O) groups is 1. The number of rotatable bonds is 7. The molecular formula is C18H26O4. The second-order valence-electron chi connectivity index (χ2n) is 6.18. The zero-order chi connectivity index (χ0) is 16.8. The first-order valence-electron chi connectivity index (χ1n) is 7.33. The fraction of sp³-hybridized carbons (Fsp3) is 0.500. The van der Waals surface area contributed by atoms with Crippen LogP contribution in [0.3, 0.4) is 0 Å². The lowest BCUT2D eigenvalue weighted by Gasteiger charge is -2.24. The number of carbonyl (C=O) groups excluding carboxylic acids is 1. The molecule has 0 spiro atoms. The van der Waals surface area contributed by atoms with Crippen molar-refractivity contribution in [3.63, 3.8) is 0 Å². The highest BCUT2D eigenvalue weighted by Gasteiger charge is 2.20. The van der Waals surface area contributed by atoms with Crippen molar-refractivity contribution in [1.29, 1.82) is 0 Å². The molecule has 0 fully saturated rings. The predicted octanol–water partition coefficient (Wildman–Crippen LogP) is 3.93. The topological polar surface area (TPSA) is 44.8 Å². The van der Waals surface area contributed by atoms with Gasteiger partial charge >= 0.3 is 0 Å². The van der Waals surface area contributed by atoms with Gasteiger partial charge < -0.3 is 14.2 Å². The van der Waals surface area contributed by atoms with Crippen molar-refractivity contribution in [3.8, 4) is 5.75 Å². The Morgan fingerprint density at radius 2 is 2.00 bits per heavy atom. The molecule has 0 aromatic heterocycles. The fourth-order valence-corrected chi connectivity index (χ4v) is 1.95. The minimum Gasteiger partial charge on any atom is -0.467 e. The highest BCUT2D eigenvalue weighted by atomic mass is 16.7. The number of methoxy groups -OCH3 is 1. The Morgan fingerprint density at radius 1 is 1.32 bits per heavy atom. The van der Waals surface area contributed by atoms with E-state index in [1.165, 1.54) is 0 Å². The summed E-state index contributed by atoms with van der Waals surface area (Å²) in [6.07, 6.45) is 2.05. The van der Waals surface area contributed by atoms with Gasteiger partial charge in [0.15, 0.2) is 13.1 Å². The summed E-state index contributed by atoms with van der Waals surface area (Å²) >= 11 is 0. The van der Waals surface area contributed by atoms with Gasteiger partial charge in [0.25, 0.3) is 0 Å². The number of aldehydes is 1. The van der Waals surface area contributed by atoms with Crippen LogP contribution in [0.2, 0.25) is 0 Å². The Bertz CT molecular complexity index is 526. The molecule has 0 aliphatic heterocycles. The average molecular weight is 306 g/mol. The predicted molar refractivity (Wildman–Crippen MR) is 87.9 cm³/mol. The van der Waals surface area contributed by atoms with Crippen molar-refractivity contribution >= 4 is 11.9 Å². The molecule has 0 heterocycles. The van der Waals surface area contributed by atoms with E-state index in [1.807, 2.05) is 26.0 Å². The minimum atomic E-state index is -0.310. The first-order valence-corrected chi connectivity index (χ1v) is 7.33. The van der Waals surface area contributed by atoms with Crippen molar-refractivity contribution in [2.24, 2.45) is 0 Å². The molecule has 4 nitrogen and oxygen atoms in total. The molecule has 0 N–H and O–H groups in total. The summed E-state index contributed by atoms with van der Waals surface area (Å²) in [5.74, 6) is 0.776. The van der Waals surface area contributed by atoms with Gasteiger partial charge in [0, 0.05) is 12.7 Å². The highest BCUT2D eigenvalue weighted by Crippen LogP contribution is 2.33. The summed E-state index contributed by atoms with van der Waals surface area (Å²) in [6, 6.07) is 5.92. The molecule has 0 saturated carbocycles. The molecule has 0 amide bonds. The smallest absolute Gasteiger partial charge is 0.191 e. The summed E-state index contributed by atoms with van der Waals surface area (Å²) in [7, 11) is 1.59. The lowest BCUT2D eigenvalue weighted by atomic mass is 9.84. The Kier molecular flexibility index (Phi) is 6.78. The number of hydrogen-bond donors (Lipinski definition) is 0. The zero-order valence-corrected chi connectivity index (χ0v) is 14.3. The molecule has 0 radical (unpaired) electrons. The normalized spacial score (nSPS) is 13.8. The summed E-state index contributed by atoms with van der Waals surface area (Å²) in [4.78, 5) is 10.6. The first kappa shape index (κ1) is 18.4. The van der Waals surface area contributed by atoms with Crippen molar-refractivity contribution in [1.82, 2.24) is 0 Å². The second kappa shape index (κ2) is 8.11. The number of hydrogen-bond acceptors (Lipinski definition) is 4. The van der Waals surface area contributed by atoms with Crippen LogP contribution >= 0.6 is 0 Å². The maximum absolute atomic E-state index is 10.6. The quantitative estimate of drug-likeness (QED) is 0.435. The number of benzene rings is 1. The van der Waals surface area contributed by atoms with Crippen LogP contribution in [0, 0.1) is 0 Å². The maximum atomic E-state index is 10.6. The van der Waals surface area contributed by atoms with E-state index in [0.29, 0.717) is 0 Å². The molecule has 1 unspecified atom stereocenters. The third kappa shape index (κ3) is 5.28. The average Bonchev–Trinajstić information content (AvgIpc) is 2.46. The summed E-state index contributed by atoms with van der Waals surface area (Å²) in [5.41, 5.74) is 2.92. The molecule has 122 valence electrons. The van der Waals surface area contributed by atoms with Crippen LogP contribution < -0.4 is 4.74 Å². The van der Waals surface area contributed by atoms with E-state index in [1.54, 1.807) is 13.2 Å². The van der Waals surface area contributed by atoms with Gasteiger partial charge in [0.05, 0.1) is 0 Å². The Hall–Kier alpha value is -1.65. The Morgan fingerprint density at radius 3 is 2.55 bits per heavy atom. The van der Waals surface area contributed by atoms with Gasteiger partial charge in [-0.15, -0.1) is 0 Å². The van der Waals surface area contributed by atoms with Crippen LogP contribution in [0.15, 0.2) is 24.3 Å². The van der Waals surface area contributed by atoms with E-state index in [4.69, 9.17) is 14.2 Å². The van der Waals surface area contributed by atoms with Gasteiger partial charge in [-0.25, -0.2) is 0 Å². The van der Waals surface area contributed by atoms with Gasteiger partial charge in [-0.05, 0) is 48.6 Å². The molecule has 1 rings (SSSR count). The monoisotopic (exact) mass is 306 g/mol. The highest BCUT2D eigenvalue weighted by molar-refractivity contribution is 5.81. The van der Waals surface area contributed by atoms with Crippen LogP contribution in [0.25, 0.3) is 5.57 Å². The van der Waals surface area contributed by atoms with E-state index in [0.717, 1.165) is 28.7 Å². The van der Waals surface area contributed by atoms with E-state index < -0.39 is 0 Å². The molecule has 1 aromatic rings. The van der Waals surface area contributed by atoms with Gasteiger partial charge in [0.1, 0.15) is 12.0 Å². The molecule has 4 heteroatoms. The molecule has 0 aliphatic carbocycles. The van der Waals surface area contributed by atoms with Crippen molar-refractivity contribution in [3.05, 3.63) is 35.4 Å². The van der Waals surface area contributed by atoms with Crippen LogP contribution in [0.4, 0.5) is 0 Å². The van der Waals surface area contributed by atoms with Gasteiger partial charge in [0.2, 0.25) is 0 Å². The molecule has 0 bridgehead atoms. The van der Waals surface area contributed by atoms with Gasteiger partial charge in [-0.1, -0.05) is 26.8 Å². The van der Waals surface area contributed by atoms with E-state index >= 15 is 0 Å². The van der Waals surface area contributed by atoms with E-state index in [9.17, 15) is 4.79 Å². The van der Waals surface area contributed by atoms with Crippen molar-refractivity contribution in [2.45, 2.75) is 46.3 Å². The van der Waals surface area contributed by atoms with Gasteiger partial charge in [-0.2, -0.15) is 0 Å². The molecule has 0 aliphatic rings. The third-order valence-electron chi connectivity index (χ3n) is 3.41. The minimum absolute atomic E-state index is 0.0837. The Labute approximate surface area is 133 Å². The lowest BCUT2D eigenvalue weighted by molar-refractivity contribution is -0.149. The first-order chi connectivity index (χ1) is 10.3.